The minimum atomic E-state index is -0.896. The van der Waals surface area contributed by atoms with Crippen molar-refractivity contribution in [1.29, 1.82) is 0 Å². The van der Waals surface area contributed by atoms with Gasteiger partial charge >= 0.3 is 0 Å². The Hall–Kier alpha value is -0.280. The highest BCUT2D eigenvalue weighted by molar-refractivity contribution is 5.32. The molecule has 0 bridgehead atoms. The van der Waals surface area contributed by atoms with Gasteiger partial charge in [0.15, 0.2) is 6.29 Å². The van der Waals surface area contributed by atoms with Gasteiger partial charge in [-0.2, -0.15) is 0 Å². The second-order valence-electron chi connectivity index (χ2n) is 18.9. The molecule has 2 spiro atoms. The Morgan fingerprint density at radius 2 is 1.76 bits per heavy atom. The molecule has 0 radical (unpaired) electrons. The van der Waals surface area contributed by atoms with Gasteiger partial charge < -0.3 is 29.4 Å². The van der Waals surface area contributed by atoms with Crippen LogP contribution < -0.4 is 5.32 Å². The van der Waals surface area contributed by atoms with Crippen molar-refractivity contribution in [3.63, 3.8) is 0 Å². The maximum absolute atomic E-state index is 11.0. The molecule has 8 fully saturated rings. The van der Waals surface area contributed by atoms with Gasteiger partial charge in [-0.05, 0) is 136 Å². The molecule has 0 amide bonds. The summed E-state index contributed by atoms with van der Waals surface area (Å²) >= 11 is 0. The fourth-order valence-corrected chi connectivity index (χ4v) is 14.4. The lowest BCUT2D eigenvalue weighted by molar-refractivity contribution is -0.246. The third-order valence-corrected chi connectivity index (χ3v) is 16.4. The molecule has 13 unspecified atom stereocenters. The molecule has 5 aliphatic carbocycles. The fourth-order valence-electron chi connectivity index (χ4n) is 14.4. The Morgan fingerprint density at radius 1 is 0.978 bits per heavy atom. The zero-order valence-corrected chi connectivity index (χ0v) is 30.2. The molecule has 46 heavy (non-hydrogen) atoms. The van der Waals surface area contributed by atoms with E-state index in [1.807, 2.05) is 20.8 Å². The molecule has 8 rings (SSSR count). The Labute approximate surface area is 279 Å². The highest BCUT2D eigenvalue weighted by Crippen LogP contribution is 2.89. The summed E-state index contributed by atoms with van der Waals surface area (Å²) in [6, 6.07) is 0. The quantitative estimate of drug-likeness (QED) is 0.343. The Kier molecular flexibility index (Phi) is 8.13. The van der Waals surface area contributed by atoms with Crippen LogP contribution in [-0.2, 0) is 18.9 Å². The molecule has 13 atom stereocenters. The molecule has 5 saturated carbocycles. The van der Waals surface area contributed by atoms with Gasteiger partial charge in [-0.25, -0.2) is 0 Å². The van der Waals surface area contributed by atoms with E-state index in [-0.39, 0.29) is 30.0 Å². The van der Waals surface area contributed by atoms with E-state index in [0.29, 0.717) is 34.9 Å². The molecule has 0 aromatic rings. The van der Waals surface area contributed by atoms with Crippen LogP contribution >= 0.6 is 0 Å². The molecular formula is C39H66N2O5. The monoisotopic (exact) mass is 642 g/mol. The predicted molar refractivity (Wildman–Crippen MR) is 179 cm³/mol. The number of nitrogens with one attached hydrogen (secondary N) is 1. The summed E-state index contributed by atoms with van der Waals surface area (Å²) < 4.78 is 26.4. The van der Waals surface area contributed by atoms with Crippen molar-refractivity contribution in [2.75, 3.05) is 45.9 Å². The lowest BCUT2D eigenvalue weighted by atomic mass is 9.46. The van der Waals surface area contributed by atoms with Crippen LogP contribution in [0.4, 0.5) is 0 Å². The normalized spacial score (nSPS) is 50.7. The lowest BCUT2D eigenvalue weighted by Crippen LogP contribution is -2.57. The van der Waals surface area contributed by atoms with Gasteiger partial charge in [0.25, 0.3) is 0 Å². The molecule has 0 aromatic heterocycles. The standard InChI is InChI=1S/C39H66N2O5/c1-8-43-34(36(5,6)42)29-11-9-27-30(45-29)19-28-26-10-12-31-35(3,4)32(46-33-23-41(17-18-44-33)22-25-20-40-21-25)13-14-39(31)24(2)38(26,39)16-15-37(27,28)7/h24-34,40,42H,8-23H2,1-7H3. The first kappa shape index (κ1) is 32.9. The number of nitrogens with zero attached hydrogens (tertiary/aromatic N) is 1. The van der Waals surface area contributed by atoms with Crippen LogP contribution in [0.3, 0.4) is 0 Å². The number of ether oxygens (including phenoxy) is 4. The van der Waals surface area contributed by atoms with Crippen molar-refractivity contribution in [3.8, 4) is 0 Å². The molecule has 8 aliphatic rings. The topological polar surface area (TPSA) is 72.4 Å². The van der Waals surface area contributed by atoms with E-state index in [1.54, 1.807) is 0 Å². The first-order valence-corrected chi connectivity index (χ1v) is 19.6. The van der Waals surface area contributed by atoms with E-state index in [0.717, 1.165) is 68.8 Å². The van der Waals surface area contributed by atoms with Crippen molar-refractivity contribution in [3.05, 3.63) is 0 Å². The summed E-state index contributed by atoms with van der Waals surface area (Å²) in [4.78, 5) is 2.59. The maximum Gasteiger partial charge on any atom is 0.170 e. The van der Waals surface area contributed by atoms with Crippen LogP contribution in [0.1, 0.15) is 106 Å². The lowest BCUT2D eigenvalue weighted by Gasteiger charge is -2.60. The molecule has 0 aromatic carbocycles. The van der Waals surface area contributed by atoms with Crippen molar-refractivity contribution in [2.24, 2.45) is 57.2 Å². The zero-order chi connectivity index (χ0) is 32.3. The van der Waals surface area contributed by atoms with Crippen molar-refractivity contribution in [2.45, 2.75) is 143 Å². The zero-order valence-electron chi connectivity index (χ0n) is 30.2. The van der Waals surface area contributed by atoms with Crippen molar-refractivity contribution < 1.29 is 24.1 Å². The summed E-state index contributed by atoms with van der Waals surface area (Å²) in [7, 11) is 0. The number of rotatable bonds is 8. The summed E-state index contributed by atoms with van der Waals surface area (Å²) in [5.74, 6) is 4.57. The molecule has 7 heteroatoms. The second-order valence-corrected chi connectivity index (χ2v) is 18.9. The molecule has 7 nitrogen and oxygen atoms in total. The number of aliphatic hydroxyl groups is 1. The van der Waals surface area contributed by atoms with E-state index < -0.39 is 5.60 Å². The number of morpholine rings is 1. The van der Waals surface area contributed by atoms with E-state index in [2.05, 4.69) is 37.9 Å². The maximum atomic E-state index is 11.0. The first-order valence-electron chi connectivity index (χ1n) is 19.6. The fraction of sp³-hybridized carbons (Fsp3) is 1.00. The molecule has 2 N–H and O–H groups in total. The minimum Gasteiger partial charge on any atom is -0.388 e. The third kappa shape index (κ3) is 4.67. The Balaban J connectivity index is 0.973. The van der Waals surface area contributed by atoms with E-state index >= 15 is 0 Å². The second kappa shape index (κ2) is 11.4. The molecule has 3 saturated heterocycles. The van der Waals surface area contributed by atoms with Gasteiger partial charge in [-0.3, -0.25) is 4.90 Å². The van der Waals surface area contributed by atoms with E-state index in [9.17, 15) is 5.11 Å². The van der Waals surface area contributed by atoms with Crippen LogP contribution in [0.15, 0.2) is 0 Å². The molecular weight excluding hydrogens is 576 g/mol. The summed E-state index contributed by atoms with van der Waals surface area (Å²) in [5.41, 5.74) is 0.636. The van der Waals surface area contributed by atoms with Gasteiger partial charge in [-0.15, -0.1) is 0 Å². The van der Waals surface area contributed by atoms with Gasteiger partial charge in [0.05, 0.1) is 30.5 Å². The van der Waals surface area contributed by atoms with Gasteiger partial charge in [0.2, 0.25) is 0 Å². The molecule has 3 aliphatic heterocycles. The Morgan fingerprint density at radius 3 is 2.48 bits per heavy atom. The minimum absolute atomic E-state index is 0.00708. The average Bonchev–Trinajstić information content (AvgIpc) is 3.36. The van der Waals surface area contributed by atoms with Crippen LogP contribution in [0.2, 0.25) is 0 Å². The first-order chi connectivity index (χ1) is 21.9. The summed E-state index contributed by atoms with van der Waals surface area (Å²) in [6.45, 7) is 23.1. The largest absolute Gasteiger partial charge is 0.388 e. The number of hydrogen-bond donors (Lipinski definition) is 2. The van der Waals surface area contributed by atoms with Gasteiger partial charge in [-0.1, -0.05) is 27.7 Å². The molecule has 3 heterocycles. The summed E-state index contributed by atoms with van der Waals surface area (Å²) in [6.07, 6.45) is 11.7. The van der Waals surface area contributed by atoms with Crippen LogP contribution in [0.25, 0.3) is 0 Å². The van der Waals surface area contributed by atoms with Crippen molar-refractivity contribution >= 4 is 0 Å². The SMILES string of the molecule is CCOC(C1CCC2C(CC3C4CCC5C(C)(C)C(OC6CN(CC7CNC7)CCO6)CCC56C(C)C46CCC23C)O1)C(C)(C)O. The van der Waals surface area contributed by atoms with E-state index in [4.69, 9.17) is 18.9 Å². The van der Waals surface area contributed by atoms with Crippen molar-refractivity contribution in [1.82, 2.24) is 10.2 Å². The Bertz CT molecular complexity index is 1140. The smallest absolute Gasteiger partial charge is 0.170 e. The third-order valence-electron chi connectivity index (χ3n) is 16.4. The van der Waals surface area contributed by atoms with Crippen LogP contribution in [0.5, 0.6) is 0 Å². The number of hydrogen-bond acceptors (Lipinski definition) is 7. The highest BCUT2D eigenvalue weighted by atomic mass is 16.7. The van der Waals surface area contributed by atoms with Gasteiger partial charge in [0, 0.05) is 39.3 Å². The highest BCUT2D eigenvalue weighted by Gasteiger charge is 2.84. The predicted octanol–water partition coefficient (Wildman–Crippen LogP) is 5.88. The van der Waals surface area contributed by atoms with Crippen LogP contribution in [0, 0.1) is 57.2 Å². The van der Waals surface area contributed by atoms with Gasteiger partial charge in [0.1, 0.15) is 6.10 Å². The van der Waals surface area contributed by atoms with E-state index in [1.165, 1.54) is 57.9 Å². The van der Waals surface area contributed by atoms with Crippen LogP contribution in [-0.4, -0.2) is 92.3 Å². The summed E-state index contributed by atoms with van der Waals surface area (Å²) in [5, 5.41) is 14.4. The molecule has 262 valence electrons. The number of fused-ring (bicyclic) bond motifs is 4. The average molecular weight is 643 g/mol.